The fourth-order valence-corrected chi connectivity index (χ4v) is 2.27. The summed E-state index contributed by atoms with van der Waals surface area (Å²) in [5, 5.41) is 9.69. The Morgan fingerprint density at radius 1 is 1.27 bits per heavy atom. The van der Waals surface area contributed by atoms with E-state index in [2.05, 4.69) is 6.92 Å². The molecule has 3 unspecified atom stereocenters. The van der Waals surface area contributed by atoms with Crippen LogP contribution in [-0.4, -0.2) is 23.9 Å². The molecule has 0 bridgehead atoms. The first-order chi connectivity index (χ1) is 7.15. The molecule has 90 valence electrons. The second-order valence-electron chi connectivity index (χ2n) is 5.14. The van der Waals surface area contributed by atoms with Crippen LogP contribution < -0.4 is 0 Å². The Morgan fingerprint density at radius 3 is 2.53 bits per heavy atom. The maximum absolute atomic E-state index is 9.69. The molecule has 2 nitrogen and oxygen atoms in total. The zero-order valence-corrected chi connectivity index (χ0v) is 10.4. The highest BCUT2D eigenvalue weighted by Gasteiger charge is 2.25. The lowest BCUT2D eigenvalue weighted by atomic mass is 9.85. The van der Waals surface area contributed by atoms with Gasteiger partial charge in [0.15, 0.2) is 0 Å². The van der Waals surface area contributed by atoms with E-state index in [-0.39, 0.29) is 6.10 Å². The van der Waals surface area contributed by atoms with Crippen molar-refractivity contribution in [3.05, 3.63) is 0 Å². The molecular weight excluding hydrogens is 188 g/mol. The smallest absolute Gasteiger partial charge is 0.0796 e. The van der Waals surface area contributed by atoms with Crippen LogP contribution in [0.1, 0.15) is 52.9 Å². The van der Waals surface area contributed by atoms with Crippen molar-refractivity contribution < 1.29 is 9.84 Å². The molecular formula is C13H26O2. The summed E-state index contributed by atoms with van der Waals surface area (Å²) in [5.74, 6) is 1.02. The minimum Gasteiger partial charge on any atom is -0.390 e. The van der Waals surface area contributed by atoms with Gasteiger partial charge in [-0.1, -0.05) is 40.0 Å². The van der Waals surface area contributed by atoms with Gasteiger partial charge in [0.1, 0.15) is 0 Å². The molecule has 1 aliphatic rings. The summed E-state index contributed by atoms with van der Waals surface area (Å²) in [4.78, 5) is 0. The van der Waals surface area contributed by atoms with E-state index in [1.807, 2.05) is 13.8 Å². The number of rotatable bonds is 5. The summed E-state index contributed by atoms with van der Waals surface area (Å²) in [6.07, 6.45) is 6.44. The lowest BCUT2D eigenvalue weighted by Crippen LogP contribution is -2.32. The standard InChI is InChI=1S/C13H26O2/c1-4-11-7-5-6-8-13(11)15-9-12(14)10(2)3/h10-14H,4-9H2,1-3H3. The van der Waals surface area contributed by atoms with E-state index in [1.54, 1.807) is 0 Å². The fraction of sp³-hybridized carbons (Fsp3) is 1.00. The molecule has 1 fully saturated rings. The van der Waals surface area contributed by atoms with Crippen molar-refractivity contribution in [2.24, 2.45) is 11.8 Å². The molecule has 1 saturated carbocycles. The quantitative estimate of drug-likeness (QED) is 0.762. The van der Waals surface area contributed by atoms with Crippen LogP contribution >= 0.6 is 0 Å². The van der Waals surface area contributed by atoms with Crippen molar-refractivity contribution in [1.29, 1.82) is 0 Å². The molecule has 1 aliphatic carbocycles. The van der Waals surface area contributed by atoms with Crippen LogP contribution in [0.5, 0.6) is 0 Å². The van der Waals surface area contributed by atoms with Crippen LogP contribution in [0, 0.1) is 11.8 Å². The van der Waals surface area contributed by atoms with Crippen LogP contribution in [0.4, 0.5) is 0 Å². The van der Waals surface area contributed by atoms with Crippen LogP contribution in [0.25, 0.3) is 0 Å². The topological polar surface area (TPSA) is 29.5 Å². The first kappa shape index (κ1) is 13.0. The van der Waals surface area contributed by atoms with Gasteiger partial charge in [-0.25, -0.2) is 0 Å². The monoisotopic (exact) mass is 214 g/mol. The highest BCUT2D eigenvalue weighted by Crippen LogP contribution is 2.29. The van der Waals surface area contributed by atoms with Gasteiger partial charge in [-0.2, -0.15) is 0 Å². The largest absolute Gasteiger partial charge is 0.390 e. The number of ether oxygens (including phenoxy) is 1. The molecule has 0 heterocycles. The molecule has 0 saturated heterocycles. The van der Waals surface area contributed by atoms with Crippen molar-refractivity contribution in [3.8, 4) is 0 Å². The number of hydrogen-bond acceptors (Lipinski definition) is 2. The van der Waals surface area contributed by atoms with Gasteiger partial charge in [0.25, 0.3) is 0 Å². The predicted molar refractivity (Wildman–Crippen MR) is 62.8 cm³/mol. The second kappa shape index (κ2) is 6.49. The van der Waals surface area contributed by atoms with Crippen LogP contribution in [0.15, 0.2) is 0 Å². The molecule has 15 heavy (non-hydrogen) atoms. The van der Waals surface area contributed by atoms with Gasteiger partial charge < -0.3 is 9.84 Å². The fourth-order valence-electron chi connectivity index (χ4n) is 2.27. The maximum atomic E-state index is 9.69. The highest BCUT2D eigenvalue weighted by atomic mass is 16.5. The van der Waals surface area contributed by atoms with Gasteiger partial charge in [-0.05, 0) is 24.7 Å². The third-order valence-corrected chi connectivity index (χ3v) is 3.61. The van der Waals surface area contributed by atoms with Gasteiger partial charge in [0, 0.05) is 0 Å². The maximum Gasteiger partial charge on any atom is 0.0796 e. The summed E-state index contributed by atoms with van der Waals surface area (Å²) in [7, 11) is 0. The Labute approximate surface area is 94.0 Å². The third-order valence-electron chi connectivity index (χ3n) is 3.61. The average molecular weight is 214 g/mol. The molecule has 0 radical (unpaired) electrons. The van der Waals surface area contributed by atoms with E-state index >= 15 is 0 Å². The van der Waals surface area contributed by atoms with Gasteiger partial charge in [-0.15, -0.1) is 0 Å². The Morgan fingerprint density at radius 2 is 1.93 bits per heavy atom. The van der Waals surface area contributed by atoms with Crippen molar-refractivity contribution in [1.82, 2.24) is 0 Å². The number of hydrogen-bond donors (Lipinski definition) is 1. The molecule has 0 aromatic carbocycles. The summed E-state index contributed by atoms with van der Waals surface area (Å²) < 4.78 is 5.86. The highest BCUT2D eigenvalue weighted by molar-refractivity contribution is 4.75. The van der Waals surface area contributed by atoms with E-state index in [0.29, 0.717) is 18.6 Å². The van der Waals surface area contributed by atoms with E-state index in [4.69, 9.17) is 4.74 Å². The van der Waals surface area contributed by atoms with Gasteiger partial charge in [0.05, 0.1) is 18.8 Å². The minimum absolute atomic E-state index is 0.300. The molecule has 0 spiro atoms. The summed E-state index contributed by atoms with van der Waals surface area (Å²) in [6.45, 7) is 6.82. The number of aliphatic hydroxyl groups is 1. The number of aliphatic hydroxyl groups excluding tert-OH is 1. The van der Waals surface area contributed by atoms with E-state index in [1.165, 1.54) is 32.1 Å². The Hall–Kier alpha value is -0.0800. The Balaban J connectivity index is 2.29. The molecule has 1 rings (SSSR count). The van der Waals surface area contributed by atoms with Crippen molar-refractivity contribution in [2.75, 3.05) is 6.61 Å². The van der Waals surface area contributed by atoms with Gasteiger partial charge >= 0.3 is 0 Å². The molecule has 0 aliphatic heterocycles. The molecule has 2 heteroatoms. The average Bonchev–Trinajstić information content (AvgIpc) is 2.26. The molecule has 3 atom stereocenters. The van der Waals surface area contributed by atoms with Crippen LogP contribution in [-0.2, 0) is 4.74 Å². The Bertz CT molecular complexity index is 168. The van der Waals surface area contributed by atoms with Crippen LogP contribution in [0.3, 0.4) is 0 Å². The van der Waals surface area contributed by atoms with Gasteiger partial charge in [0.2, 0.25) is 0 Å². The molecule has 0 amide bonds. The SMILES string of the molecule is CCC1CCCCC1OCC(O)C(C)C. The van der Waals surface area contributed by atoms with Crippen molar-refractivity contribution in [3.63, 3.8) is 0 Å². The normalized spacial score (nSPS) is 29.4. The minimum atomic E-state index is -0.301. The van der Waals surface area contributed by atoms with Crippen molar-refractivity contribution >= 4 is 0 Å². The second-order valence-corrected chi connectivity index (χ2v) is 5.14. The zero-order valence-electron chi connectivity index (χ0n) is 10.4. The lowest BCUT2D eigenvalue weighted by Gasteiger charge is -2.31. The van der Waals surface area contributed by atoms with E-state index < -0.39 is 0 Å². The Kier molecular flexibility index (Phi) is 5.62. The summed E-state index contributed by atoms with van der Waals surface area (Å²) in [6, 6.07) is 0. The predicted octanol–water partition coefficient (Wildman–Crippen LogP) is 2.99. The zero-order chi connectivity index (χ0) is 11.3. The molecule has 0 aromatic rings. The molecule has 0 aromatic heterocycles. The first-order valence-corrected chi connectivity index (χ1v) is 6.44. The summed E-state index contributed by atoms with van der Waals surface area (Å²) >= 11 is 0. The van der Waals surface area contributed by atoms with E-state index in [9.17, 15) is 5.11 Å². The van der Waals surface area contributed by atoms with Gasteiger partial charge in [-0.3, -0.25) is 0 Å². The molecule has 1 N–H and O–H groups in total. The third kappa shape index (κ3) is 4.12. The first-order valence-electron chi connectivity index (χ1n) is 6.44. The van der Waals surface area contributed by atoms with E-state index in [0.717, 1.165) is 5.92 Å². The van der Waals surface area contributed by atoms with Crippen molar-refractivity contribution in [2.45, 2.75) is 65.1 Å². The summed E-state index contributed by atoms with van der Waals surface area (Å²) in [5.41, 5.74) is 0. The van der Waals surface area contributed by atoms with Crippen LogP contribution in [0.2, 0.25) is 0 Å². The lowest BCUT2D eigenvalue weighted by molar-refractivity contribution is -0.0610.